The molecule has 122 valence electrons. The Bertz CT molecular complexity index is 519. The van der Waals surface area contributed by atoms with Crippen LogP contribution in [0.15, 0.2) is 30.3 Å². The zero-order valence-corrected chi connectivity index (χ0v) is 12.2. The van der Waals surface area contributed by atoms with E-state index in [4.69, 9.17) is 4.74 Å². The molecule has 1 amide bonds. The zero-order chi connectivity index (χ0) is 16.5. The van der Waals surface area contributed by atoms with Crippen LogP contribution in [0, 0.1) is 5.92 Å². The van der Waals surface area contributed by atoms with Gasteiger partial charge in [0.15, 0.2) is 0 Å². The minimum atomic E-state index is -4.71. The lowest BCUT2D eigenvalue weighted by Crippen LogP contribution is -2.50. The van der Waals surface area contributed by atoms with Crippen LogP contribution in [0.1, 0.15) is 25.5 Å². The van der Waals surface area contributed by atoms with Crippen molar-refractivity contribution in [2.45, 2.75) is 38.4 Å². The number of aliphatic hydroxyl groups is 1. The third kappa shape index (κ3) is 3.25. The van der Waals surface area contributed by atoms with E-state index in [1.165, 1.54) is 0 Å². The fourth-order valence-electron chi connectivity index (χ4n) is 2.40. The van der Waals surface area contributed by atoms with Crippen LogP contribution in [-0.2, 0) is 9.53 Å². The lowest BCUT2D eigenvalue weighted by atomic mass is 10.0. The summed E-state index contributed by atoms with van der Waals surface area (Å²) >= 11 is 0. The first-order valence-corrected chi connectivity index (χ1v) is 6.97. The quantitative estimate of drug-likeness (QED) is 0.932. The Hall–Kier alpha value is -1.60. The van der Waals surface area contributed by atoms with Crippen LogP contribution in [0.4, 0.5) is 13.2 Å². The van der Waals surface area contributed by atoms with Gasteiger partial charge in [0.2, 0.25) is 6.23 Å². The number of halogens is 3. The van der Waals surface area contributed by atoms with Crippen LogP contribution in [0.3, 0.4) is 0 Å². The molecular weight excluding hydrogens is 299 g/mol. The maximum absolute atomic E-state index is 13.1. The first-order valence-electron chi connectivity index (χ1n) is 6.97. The normalized spacial score (nSPS) is 23.9. The van der Waals surface area contributed by atoms with Gasteiger partial charge in [-0.3, -0.25) is 9.69 Å². The van der Waals surface area contributed by atoms with E-state index in [1.54, 1.807) is 44.2 Å². The van der Waals surface area contributed by atoms with Gasteiger partial charge < -0.3 is 9.84 Å². The van der Waals surface area contributed by atoms with E-state index in [2.05, 4.69) is 0 Å². The van der Waals surface area contributed by atoms with Gasteiger partial charge in [0.25, 0.3) is 5.91 Å². The van der Waals surface area contributed by atoms with Gasteiger partial charge >= 0.3 is 6.18 Å². The molecule has 7 heteroatoms. The van der Waals surface area contributed by atoms with E-state index in [0.717, 1.165) is 0 Å². The van der Waals surface area contributed by atoms with Crippen molar-refractivity contribution in [3.63, 3.8) is 0 Å². The van der Waals surface area contributed by atoms with Crippen molar-refractivity contribution in [2.75, 3.05) is 6.61 Å². The average Bonchev–Trinajstić information content (AvgIpc) is 2.91. The number of rotatable bonds is 3. The summed E-state index contributed by atoms with van der Waals surface area (Å²) in [6, 6.07) is 7.49. The molecule has 0 spiro atoms. The third-order valence-corrected chi connectivity index (χ3v) is 3.60. The molecule has 0 unspecified atom stereocenters. The van der Waals surface area contributed by atoms with Crippen molar-refractivity contribution in [3.05, 3.63) is 35.9 Å². The van der Waals surface area contributed by atoms with Crippen molar-refractivity contribution in [1.29, 1.82) is 0 Å². The maximum atomic E-state index is 13.1. The molecule has 1 aromatic carbocycles. The van der Waals surface area contributed by atoms with Gasteiger partial charge in [-0.25, -0.2) is 0 Å². The molecule has 1 fully saturated rings. The molecule has 0 aliphatic carbocycles. The fraction of sp³-hybridized carbons (Fsp3) is 0.533. The molecule has 0 aromatic heterocycles. The SMILES string of the molecule is CC(C)[C@@H](O)C(=O)N1[C@H](C(F)(F)F)OC[C@H]1c1ccccc1. The molecule has 2 rings (SSSR count). The molecule has 1 aliphatic heterocycles. The van der Waals surface area contributed by atoms with Crippen LogP contribution in [-0.4, -0.2) is 41.0 Å². The molecule has 1 saturated heterocycles. The number of ether oxygens (including phenoxy) is 1. The second-order valence-corrected chi connectivity index (χ2v) is 5.59. The summed E-state index contributed by atoms with van der Waals surface area (Å²) in [6.07, 6.45) is -8.55. The van der Waals surface area contributed by atoms with Gasteiger partial charge in [0.1, 0.15) is 6.10 Å². The summed E-state index contributed by atoms with van der Waals surface area (Å²) in [5.74, 6) is -1.46. The molecule has 1 aromatic rings. The van der Waals surface area contributed by atoms with Gasteiger partial charge in [-0.2, -0.15) is 13.2 Å². The highest BCUT2D eigenvalue weighted by molar-refractivity contribution is 5.82. The second kappa shape index (κ2) is 6.26. The van der Waals surface area contributed by atoms with E-state index >= 15 is 0 Å². The standard InChI is InChI=1S/C15H18F3NO3/c1-9(2)12(20)13(21)19-11(10-6-4-3-5-7-10)8-22-14(19)15(16,17)18/h3-7,9,11-12,14,20H,8H2,1-2H3/t11-,12+,14-/m0/s1. The zero-order valence-electron chi connectivity index (χ0n) is 12.2. The molecule has 1 N–H and O–H groups in total. The number of amides is 1. The lowest BCUT2D eigenvalue weighted by Gasteiger charge is -2.32. The van der Waals surface area contributed by atoms with Crippen LogP contribution in [0.5, 0.6) is 0 Å². The van der Waals surface area contributed by atoms with Crippen molar-refractivity contribution < 1.29 is 27.8 Å². The minimum Gasteiger partial charge on any atom is -0.383 e. The van der Waals surface area contributed by atoms with E-state index in [1.807, 2.05) is 0 Å². The minimum absolute atomic E-state index is 0.259. The van der Waals surface area contributed by atoms with Gasteiger partial charge in [-0.1, -0.05) is 44.2 Å². The number of hydrogen-bond donors (Lipinski definition) is 1. The highest BCUT2D eigenvalue weighted by Gasteiger charge is 2.54. The Labute approximate surface area is 126 Å². The van der Waals surface area contributed by atoms with E-state index in [0.29, 0.717) is 10.5 Å². The van der Waals surface area contributed by atoms with Gasteiger partial charge in [0.05, 0.1) is 12.6 Å². The number of hydrogen-bond acceptors (Lipinski definition) is 3. The lowest BCUT2D eigenvalue weighted by molar-refractivity contribution is -0.241. The first kappa shape index (κ1) is 16.8. The summed E-state index contributed by atoms with van der Waals surface area (Å²) in [5, 5.41) is 9.89. The third-order valence-electron chi connectivity index (χ3n) is 3.60. The molecule has 1 heterocycles. The van der Waals surface area contributed by atoms with Crippen LogP contribution < -0.4 is 0 Å². The number of benzene rings is 1. The van der Waals surface area contributed by atoms with E-state index in [9.17, 15) is 23.1 Å². The number of carbonyl (C=O) groups excluding carboxylic acids is 1. The number of alkyl halides is 3. The molecule has 1 aliphatic rings. The predicted molar refractivity (Wildman–Crippen MR) is 72.7 cm³/mol. The van der Waals surface area contributed by atoms with Crippen LogP contribution in [0.2, 0.25) is 0 Å². The summed E-state index contributed by atoms with van der Waals surface area (Å²) in [5.41, 5.74) is 0.540. The molecule has 4 nitrogen and oxygen atoms in total. The largest absolute Gasteiger partial charge is 0.433 e. The number of carbonyl (C=O) groups is 1. The maximum Gasteiger partial charge on any atom is 0.433 e. The summed E-state index contributed by atoms with van der Waals surface area (Å²) < 4.78 is 44.2. The Morgan fingerprint density at radius 1 is 1.32 bits per heavy atom. The summed E-state index contributed by atoms with van der Waals surface area (Å²) in [4.78, 5) is 12.9. The van der Waals surface area contributed by atoms with Gasteiger partial charge in [-0.05, 0) is 11.5 Å². The highest BCUT2D eigenvalue weighted by atomic mass is 19.4. The Morgan fingerprint density at radius 2 is 1.91 bits per heavy atom. The fourth-order valence-corrected chi connectivity index (χ4v) is 2.40. The molecular formula is C15H18F3NO3. The molecule has 3 atom stereocenters. The molecule has 0 bridgehead atoms. The van der Waals surface area contributed by atoms with Crippen LogP contribution in [0.25, 0.3) is 0 Å². The van der Waals surface area contributed by atoms with Crippen molar-refractivity contribution in [2.24, 2.45) is 5.92 Å². The smallest absolute Gasteiger partial charge is 0.383 e. The van der Waals surface area contributed by atoms with E-state index < -0.39 is 36.4 Å². The van der Waals surface area contributed by atoms with Gasteiger partial charge in [-0.15, -0.1) is 0 Å². The van der Waals surface area contributed by atoms with Crippen molar-refractivity contribution in [3.8, 4) is 0 Å². The first-order chi connectivity index (χ1) is 10.2. The van der Waals surface area contributed by atoms with Gasteiger partial charge in [0, 0.05) is 0 Å². The molecule has 22 heavy (non-hydrogen) atoms. The topological polar surface area (TPSA) is 49.8 Å². The predicted octanol–water partition coefficient (Wildman–Crippen LogP) is 2.49. The summed E-state index contributed by atoms with van der Waals surface area (Å²) in [6.45, 7) is 2.88. The van der Waals surface area contributed by atoms with E-state index in [-0.39, 0.29) is 6.61 Å². The average molecular weight is 317 g/mol. The monoisotopic (exact) mass is 317 g/mol. The van der Waals surface area contributed by atoms with Crippen LogP contribution >= 0.6 is 0 Å². The highest BCUT2D eigenvalue weighted by Crippen LogP contribution is 2.38. The number of nitrogens with zero attached hydrogens (tertiary/aromatic N) is 1. The Kier molecular flexibility index (Phi) is 4.77. The van der Waals surface area contributed by atoms with Crippen molar-refractivity contribution >= 4 is 5.91 Å². The molecule has 0 saturated carbocycles. The number of aliphatic hydroxyl groups excluding tert-OH is 1. The molecule has 0 radical (unpaired) electrons. The Morgan fingerprint density at radius 3 is 2.41 bits per heavy atom. The van der Waals surface area contributed by atoms with Crippen molar-refractivity contribution in [1.82, 2.24) is 4.90 Å². The summed E-state index contributed by atoms with van der Waals surface area (Å²) in [7, 11) is 0. The second-order valence-electron chi connectivity index (χ2n) is 5.59. The Balaban J connectivity index is 2.36.